The Labute approximate surface area is 124 Å². The van der Waals surface area contributed by atoms with E-state index in [-0.39, 0.29) is 11.8 Å². The highest BCUT2D eigenvalue weighted by Gasteiger charge is 2.37. The molecule has 0 spiro atoms. The minimum atomic E-state index is -4.27. The number of nitrogens with zero attached hydrogens (tertiary/aromatic N) is 3. The van der Waals surface area contributed by atoms with Gasteiger partial charge < -0.3 is 9.30 Å². The molecule has 2 rings (SSSR count). The Morgan fingerprint density at radius 3 is 2.52 bits per heavy atom. The van der Waals surface area contributed by atoms with Crippen LogP contribution in [0.4, 0.5) is 13.2 Å². The van der Waals surface area contributed by atoms with Gasteiger partial charge in [0.05, 0.1) is 0 Å². The summed E-state index contributed by atoms with van der Waals surface area (Å²) in [5.74, 6) is 1.13. The number of thioether (sulfide) groups is 1. The van der Waals surface area contributed by atoms with E-state index in [1.54, 1.807) is 19.2 Å². The quantitative estimate of drug-likeness (QED) is 0.792. The molecule has 0 radical (unpaired) electrons. The molecular weight excluding hydrogens is 303 g/mol. The van der Waals surface area contributed by atoms with Gasteiger partial charge in [-0.25, -0.2) is 0 Å². The van der Waals surface area contributed by atoms with Gasteiger partial charge in [-0.05, 0) is 19.1 Å². The number of hydrogen-bond acceptors (Lipinski definition) is 4. The van der Waals surface area contributed by atoms with Gasteiger partial charge in [-0.1, -0.05) is 30.0 Å². The number of ether oxygens (including phenoxy) is 1. The Kier molecular flexibility index (Phi) is 4.76. The van der Waals surface area contributed by atoms with Gasteiger partial charge in [-0.15, -0.1) is 10.2 Å². The summed E-state index contributed by atoms with van der Waals surface area (Å²) in [6.45, 7) is 1.24. The number of rotatable bonds is 5. The molecule has 114 valence electrons. The van der Waals surface area contributed by atoms with Gasteiger partial charge in [0.15, 0.2) is 11.0 Å². The summed E-state index contributed by atoms with van der Waals surface area (Å²) < 4.78 is 44.6. The van der Waals surface area contributed by atoms with Crippen molar-refractivity contribution in [3.05, 3.63) is 36.2 Å². The summed E-state index contributed by atoms with van der Waals surface area (Å²) in [5, 5.41) is 6.32. The summed E-state index contributed by atoms with van der Waals surface area (Å²) in [7, 11) is 1.62. The van der Waals surface area contributed by atoms with E-state index in [1.807, 2.05) is 18.2 Å². The van der Waals surface area contributed by atoms with Crippen LogP contribution in [0.5, 0.6) is 5.75 Å². The zero-order valence-electron chi connectivity index (χ0n) is 11.5. The Bertz CT molecular complexity index is 586. The number of para-hydroxylation sites is 1. The molecule has 0 saturated carbocycles. The lowest BCUT2D eigenvalue weighted by Crippen LogP contribution is -2.22. The monoisotopic (exact) mass is 317 g/mol. The zero-order chi connectivity index (χ0) is 15.5. The molecule has 1 heterocycles. The molecule has 8 heteroatoms. The SMILES string of the molecule is C[C@H](Sc1nnc(COc2ccccc2)n1C)C(F)(F)F. The lowest BCUT2D eigenvalue weighted by Gasteiger charge is -2.14. The highest BCUT2D eigenvalue weighted by molar-refractivity contribution is 7.99. The summed E-state index contributed by atoms with van der Waals surface area (Å²) >= 11 is 0.628. The number of alkyl halides is 3. The number of aromatic nitrogens is 3. The van der Waals surface area contributed by atoms with Crippen LogP contribution in [0.25, 0.3) is 0 Å². The van der Waals surface area contributed by atoms with Crippen LogP contribution in [0.1, 0.15) is 12.7 Å². The van der Waals surface area contributed by atoms with Crippen molar-refractivity contribution in [2.45, 2.75) is 30.1 Å². The van der Waals surface area contributed by atoms with Gasteiger partial charge in [0, 0.05) is 7.05 Å². The molecule has 2 aromatic rings. The third-order valence-electron chi connectivity index (χ3n) is 2.78. The largest absolute Gasteiger partial charge is 0.486 e. The summed E-state index contributed by atoms with van der Waals surface area (Å²) in [6.07, 6.45) is -4.27. The van der Waals surface area contributed by atoms with Crippen molar-refractivity contribution in [2.75, 3.05) is 0 Å². The predicted molar refractivity (Wildman–Crippen MR) is 73.2 cm³/mol. The minimum absolute atomic E-state index is 0.147. The van der Waals surface area contributed by atoms with Crippen LogP contribution < -0.4 is 4.74 Å². The maximum absolute atomic E-state index is 12.5. The van der Waals surface area contributed by atoms with E-state index in [0.29, 0.717) is 23.3 Å². The molecule has 0 aliphatic heterocycles. The van der Waals surface area contributed by atoms with Gasteiger partial charge in [-0.3, -0.25) is 0 Å². The average molecular weight is 317 g/mol. The molecule has 0 unspecified atom stereocenters. The van der Waals surface area contributed by atoms with Crippen LogP contribution in [-0.2, 0) is 13.7 Å². The Morgan fingerprint density at radius 1 is 1.24 bits per heavy atom. The molecule has 0 saturated heterocycles. The zero-order valence-corrected chi connectivity index (χ0v) is 12.3. The van der Waals surface area contributed by atoms with Crippen LogP contribution >= 0.6 is 11.8 Å². The van der Waals surface area contributed by atoms with E-state index in [0.717, 1.165) is 6.92 Å². The van der Waals surface area contributed by atoms with Crippen LogP contribution in [0.3, 0.4) is 0 Å². The second-order valence-electron chi connectivity index (χ2n) is 4.36. The van der Waals surface area contributed by atoms with Crippen LogP contribution in [0, 0.1) is 0 Å². The topological polar surface area (TPSA) is 39.9 Å². The van der Waals surface area contributed by atoms with E-state index >= 15 is 0 Å². The molecule has 0 fully saturated rings. The second kappa shape index (κ2) is 6.38. The van der Waals surface area contributed by atoms with Crippen molar-refractivity contribution in [1.29, 1.82) is 0 Å². The first-order chi connectivity index (χ1) is 9.88. The molecule has 1 aromatic carbocycles. The molecule has 1 aromatic heterocycles. The molecule has 4 nitrogen and oxygen atoms in total. The normalized spacial score (nSPS) is 13.2. The van der Waals surface area contributed by atoms with Crippen molar-refractivity contribution in [2.24, 2.45) is 7.05 Å². The maximum Gasteiger partial charge on any atom is 0.400 e. The van der Waals surface area contributed by atoms with Crippen LogP contribution in [0.2, 0.25) is 0 Å². The Morgan fingerprint density at radius 2 is 1.90 bits per heavy atom. The standard InChI is InChI=1S/C13H14F3N3OS/c1-9(13(14,15)16)21-12-18-17-11(19(12)2)8-20-10-6-4-3-5-7-10/h3-7,9H,8H2,1-2H3/t9-/m0/s1. The molecule has 1 atom stereocenters. The van der Waals surface area contributed by atoms with Crippen molar-refractivity contribution in [1.82, 2.24) is 14.8 Å². The van der Waals surface area contributed by atoms with Crippen molar-refractivity contribution < 1.29 is 17.9 Å². The van der Waals surface area contributed by atoms with Crippen molar-refractivity contribution in [3.63, 3.8) is 0 Å². The number of hydrogen-bond donors (Lipinski definition) is 0. The van der Waals surface area contributed by atoms with Crippen LogP contribution in [-0.4, -0.2) is 26.2 Å². The lowest BCUT2D eigenvalue weighted by atomic mass is 10.3. The van der Waals surface area contributed by atoms with E-state index in [4.69, 9.17) is 4.74 Å². The lowest BCUT2D eigenvalue weighted by molar-refractivity contribution is -0.125. The fourth-order valence-corrected chi connectivity index (χ4v) is 2.26. The fraction of sp³-hybridized carbons (Fsp3) is 0.385. The molecule has 0 N–H and O–H groups in total. The molecule has 21 heavy (non-hydrogen) atoms. The van der Waals surface area contributed by atoms with E-state index < -0.39 is 11.4 Å². The average Bonchev–Trinajstić information content (AvgIpc) is 2.78. The summed E-state index contributed by atoms with van der Waals surface area (Å²) in [5.41, 5.74) is 0. The molecule has 0 amide bonds. The maximum atomic E-state index is 12.5. The molecule has 0 aliphatic carbocycles. The van der Waals surface area contributed by atoms with Gasteiger partial charge in [0.2, 0.25) is 0 Å². The van der Waals surface area contributed by atoms with Crippen molar-refractivity contribution >= 4 is 11.8 Å². The van der Waals surface area contributed by atoms with E-state index in [1.165, 1.54) is 4.57 Å². The van der Waals surface area contributed by atoms with E-state index in [2.05, 4.69) is 10.2 Å². The third-order valence-corrected chi connectivity index (χ3v) is 3.97. The predicted octanol–water partition coefficient (Wildman–Crippen LogP) is 3.44. The molecular formula is C13H14F3N3OS. The Balaban J connectivity index is 2.00. The minimum Gasteiger partial charge on any atom is -0.486 e. The number of halogens is 3. The molecule has 0 bridgehead atoms. The van der Waals surface area contributed by atoms with Crippen LogP contribution in [0.15, 0.2) is 35.5 Å². The number of benzene rings is 1. The highest BCUT2D eigenvalue weighted by Crippen LogP contribution is 2.33. The third kappa shape index (κ3) is 4.13. The second-order valence-corrected chi connectivity index (χ2v) is 5.67. The first-order valence-corrected chi connectivity index (χ1v) is 7.05. The van der Waals surface area contributed by atoms with Gasteiger partial charge in [-0.2, -0.15) is 13.2 Å². The fourth-order valence-electron chi connectivity index (χ4n) is 1.46. The molecule has 0 aliphatic rings. The highest BCUT2D eigenvalue weighted by atomic mass is 32.2. The first kappa shape index (κ1) is 15.7. The van der Waals surface area contributed by atoms with Gasteiger partial charge in [0.1, 0.15) is 17.6 Å². The smallest absolute Gasteiger partial charge is 0.400 e. The first-order valence-electron chi connectivity index (χ1n) is 6.17. The van der Waals surface area contributed by atoms with Crippen molar-refractivity contribution in [3.8, 4) is 5.75 Å². The Hall–Kier alpha value is -1.70. The van der Waals surface area contributed by atoms with Gasteiger partial charge >= 0.3 is 6.18 Å². The summed E-state index contributed by atoms with van der Waals surface area (Å²) in [6, 6.07) is 9.11. The summed E-state index contributed by atoms with van der Waals surface area (Å²) in [4.78, 5) is 0. The van der Waals surface area contributed by atoms with Gasteiger partial charge in [0.25, 0.3) is 0 Å². The van der Waals surface area contributed by atoms with E-state index in [9.17, 15) is 13.2 Å².